The summed E-state index contributed by atoms with van der Waals surface area (Å²) in [6, 6.07) is 50.8. The normalized spacial score (nSPS) is 16.2. The van der Waals surface area contributed by atoms with Crippen LogP contribution < -0.4 is 26.4 Å². The third-order valence-corrected chi connectivity index (χ3v) is 14.9. The Hall–Kier alpha value is -6.00. The fourth-order valence-corrected chi connectivity index (χ4v) is 11.1. The lowest BCUT2D eigenvalue weighted by atomic mass is 9.35. The van der Waals surface area contributed by atoms with E-state index < -0.39 is 0 Å². The lowest BCUT2D eigenvalue weighted by Crippen LogP contribution is -2.61. The molecule has 0 atom stereocenters. The zero-order valence-corrected chi connectivity index (χ0v) is 39.0. The molecule has 1 aliphatic carbocycles. The molecule has 4 heteroatoms. The molecule has 8 aromatic rings. The summed E-state index contributed by atoms with van der Waals surface area (Å²) < 4.78 is 7.42. The maximum absolute atomic E-state index is 7.42. The molecule has 3 nitrogen and oxygen atoms in total. The predicted octanol–water partition coefficient (Wildman–Crippen LogP) is 14.6. The van der Waals surface area contributed by atoms with Crippen LogP contribution in [0, 0.1) is 6.92 Å². The Bertz CT molecular complexity index is 3160. The van der Waals surface area contributed by atoms with Crippen LogP contribution in [0.2, 0.25) is 0 Å². The monoisotopic (exact) mass is 822 g/mol. The Balaban J connectivity index is 1.27. The van der Waals surface area contributed by atoms with Crippen molar-refractivity contribution < 1.29 is 4.42 Å². The quantitative estimate of drug-likeness (QED) is 0.166. The van der Waals surface area contributed by atoms with Crippen molar-refractivity contribution in [3.8, 4) is 11.1 Å². The van der Waals surface area contributed by atoms with E-state index in [4.69, 9.17) is 4.42 Å². The minimum atomic E-state index is -0.117. The van der Waals surface area contributed by atoms with Gasteiger partial charge < -0.3 is 14.2 Å². The van der Waals surface area contributed by atoms with Gasteiger partial charge in [-0.1, -0.05) is 154 Å². The highest BCUT2D eigenvalue weighted by Gasteiger charge is 2.49. The Morgan fingerprint density at radius 3 is 1.81 bits per heavy atom. The van der Waals surface area contributed by atoms with Gasteiger partial charge in [0.1, 0.15) is 5.58 Å². The number of benzene rings is 7. The van der Waals surface area contributed by atoms with Crippen molar-refractivity contribution in [3.05, 3.63) is 161 Å². The highest BCUT2D eigenvalue weighted by Crippen LogP contribution is 2.52. The summed E-state index contributed by atoms with van der Waals surface area (Å²) in [4.78, 5) is 5.16. The van der Waals surface area contributed by atoms with Gasteiger partial charge in [-0.15, -0.1) is 0 Å². The molecule has 0 N–H and O–H groups in total. The second-order valence-electron chi connectivity index (χ2n) is 22.2. The Morgan fingerprint density at radius 2 is 1.14 bits per heavy atom. The van der Waals surface area contributed by atoms with Crippen LogP contribution in [0.1, 0.15) is 110 Å². The highest BCUT2D eigenvalue weighted by molar-refractivity contribution is 7.00. The van der Waals surface area contributed by atoms with Gasteiger partial charge in [0, 0.05) is 33.5 Å². The molecule has 63 heavy (non-hydrogen) atoms. The van der Waals surface area contributed by atoms with Gasteiger partial charge in [-0.05, 0) is 145 Å². The number of hydrogen-bond donors (Lipinski definition) is 0. The van der Waals surface area contributed by atoms with Gasteiger partial charge in [0.05, 0.1) is 17.0 Å². The molecule has 0 radical (unpaired) electrons. The average molecular weight is 823 g/mol. The van der Waals surface area contributed by atoms with Crippen molar-refractivity contribution in [1.82, 2.24) is 0 Å². The lowest BCUT2D eigenvalue weighted by Gasteiger charge is -2.46. The van der Waals surface area contributed by atoms with Gasteiger partial charge in [0.2, 0.25) is 0 Å². The van der Waals surface area contributed by atoms with Crippen LogP contribution in [0.25, 0.3) is 32.9 Å². The van der Waals surface area contributed by atoms with Crippen LogP contribution >= 0.6 is 0 Å². The molecule has 2 aliphatic heterocycles. The smallest absolute Gasteiger partial charge is 0.297 e. The molecule has 0 saturated carbocycles. The lowest BCUT2D eigenvalue weighted by molar-refractivity contribution is 0.332. The van der Waals surface area contributed by atoms with Crippen LogP contribution in [-0.2, 0) is 21.7 Å². The zero-order chi connectivity index (χ0) is 44.0. The van der Waals surface area contributed by atoms with Crippen molar-refractivity contribution >= 4 is 79.2 Å². The molecule has 0 amide bonds. The van der Waals surface area contributed by atoms with Crippen LogP contribution in [0.4, 0.5) is 34.1 Å². The first kappa shape index (κ1) is 39.8. The molecule has 314 valence electrons. The zero-order valence-electron chi connectivity index (χ0n) is 39.0. The minimum absolute atomic E-state index is 0.0356. The molecular weight excluding hydrogens is 763 g/mol. The van der Waals surface area contributed by atoms with E-state index in [9.17, 15) is 0 Å². The fourth-order valence-electron chi connectivity index (χ4n) is 11.1. The molecule has 0 bridgehead atoms. The van der Waals surface area contributed by atoms with E-state index in [0.29, 0.717) is 0 Å². The SMILES string of the molecule is Cc1cc2c3c(c1)N(c1ccc(-c4ccccc4)c4ccccc14)c1c(oc4ccc(C(C)(C)C)cc14)B3c1cc3c(cc1N2c1ccc(C(C)(C)C)cc1)C(C)(C)CCC3(C)C. The van der Waals surface area contributed by atoms with Gasteiger partial charge in [-0.2, -0.15) is 0 Å². The molecule has 7 aromatic carbocycles. The first-order valence-corrected chi connectivity index (χ1v) is 23.1. The number of hydrogen-bond acceptors (Lipinski definition) is 3. The maximum atomic E-state index is 7.42. The predicted molar refractivity (Wildman–Crippen MR) is 271 cm³/mol. The molecule has 3 aliphatic rings. The summed E-state index contributed by atoms with van der Waals surface area (Å²) in [5.74, 6) is 0. The number of fused-ring (bicyclic) bond motifs is 8. The molecule has 1 aromatic heterocycles. The summed E-state index contributed by atoms with van der Waals surface area (Å²) in [7, 11) is 0. The molecule has 0 spiro atoms. The van der Waals surface area contributed by atoms with E-state index in [-0.39, 0.29) is 28.4 Å². The third kappa shape index (κ3) is 6.07. The number of anilines is 6. The molecule has 3 heterocycles. The number of rotatable bonds is 3. The van der Waals surface area contributed by atoms with Crippen molar-refractivity contribution in [2.45, 2.75) is 111 Å². The van der Waals surface area contributed by atoms with E-state index >= 15 is 0 Å². The Labute approximate surface area is 374 Å². The van der Waals surface area contributed by atoms with E-state index in [0.717, 1.165) is 40.8 Å². The number of aryl methyl sites for hydroxylation is 1. The highest BCUT2D eigenvalue weighted by atomic mass is 16.3. The molecular formula is C59H59BN2O. The van der Waals surface area contributed by atoms with Crippen LogP contribution in [0.3, 0.4) is 0 Å². The van der Waals surface area contributed by atoms with Gasteiger partial charge in [-0.3, -0.25) is 0 Å². The fraction of sp³-hybridized carbons (Fsp3) is 0.288. The van der Waals surface area contributed by atoms with Crippen molar-refractivity contribution in [2.24, 2.45) is 0 Å². The van der Waals surface area contributed by atoms with Crippen molar-refractivity contribution in [2.75, 3.05) is 9.80 Å². The van der Waals surface area contributed by atoms with E-state index in [1.54, 1.807) is 0 Å². The van der Waals surface area contributed by atoms with E-state index in [1.165, 1.54) is 83.4 Å². The Kier molecular flexibility index (Phi) is 8.54. The topological polar surface area (TPSA) is 19.6 Å². The van der Waals surface area contributed by atoms with Gasteiger partial charge in [-0.25, -0.2) is 0 Å². The first-order chi connectivity index (χ1) is 29.9. The largest absolute Gasteiger partial charge is 0.468 e. The molecule has 0 fully saturated rings. The van der Waals surface area contributed by atoms with Crippen LogP contribution in [0.5, 0.6) is 0 Å². The molecule has 0 unspecified atom stereocenters. The van der Waals surface area contributed by atoms with Crippen molar-refractivity contribution in [3.63, 3.8) is 0 Å². The van der Waals surface area contributed by atoms with E-state index in [2.05, 4.69) is 219 Å². The first-order valence-electron chi connectivity index (χ1n) is 23.1. The minimum Gasteiger partial charge on any atom is -0.468 e. The Morgan fingerprint density at radius 1 is 0.540 bits per heavy atom. The van der Waals surface area contributed by atoms with Crippen LogP contribution in [-0.4, -0.2) is 6.71 Å². The summed E-state index contributed by atoms with van der Waals surface area (Å²) in [5, 5.41) is 3.60. The van der Waals surface area contributed by atoms with Gasteiger partial charge >= 0.3 is 0 Å². The summed E-state index contributed by atoms with van der Waals surface area (Å²) >= 11 is 0. The standard InChI is InChI=1S/C59H59BN2O/c1-36-31-50-53-51(32-36)62(48-27-26-41(37-17-13-12-14-18-37)42-19-15-16-20-43(42)48)54-44-33-39(57(5,6)7)23-28-52(44)63-55(54)60(53)47-34-45-46(59(10,11)30-29-58(45,8)9)35-49(47)61(50)40-24-21-38(22-25-40)56(2,3)4/h12-28,31-35H,29-30H2,1-11H3. The summed E-state index contributed by atoms with van der Waals surface area (Å²) in [5.41, 5.74) is 21.0. The van der Waals surface area contributed by atoms with Gasteiger partial charge in [0.15, 0.2) is 0 Å². The van der Waals surface area contributed by atoms with E-state index in [1.807, 2.05) is 0 Å². The molecule has 0 saturated heterocycles. The summed E-state index contributed by atoms with van der Waals surface area (Å²) in [6.45, 7) is 25.8. The third-order valence-electron chi connectivity index (χ3n) is 14.9. The average Bonchev–Trinajstić information content (AvgIpc) is 3.63. The molecule has 11 rings (SSSR count). The number of nitrogens with zero attached hydrogens (tertiary/aromatic N) is 2. The second kappa shape index (κ2) is 13.5. The number of furan rings is 1. The summed E-state index contributed by atoms with van der Waals surface area (Å²) in [6.07, 6.45) is 2.31. The van der Waals surface area contributed by atoms with Crippen LogP contribution in [0.15, 0.2) is 138 Å². The van der Waals surface area contributed by atoms with Crippen molar-refractivity contribution in [1.29, 1.82) is 0 Å². The van der Waals surface area contributed by atoms with Gasteiger partial charge in [0.25, 0.3) is 6.71 Å². The second-order valence-corrected chi connectivity index (χ2v) is 22.2. The maximum Gasteiger partial charge on any atom is 0.297 e.